The second-order valence-corrected chi connectivity index (χ2v) is 9.44. The van der Waals surface area contributed by atoms with Crippen LogP contribution < -0.4 is 10.9 Å². The predicted molar refractivity (Wildman–Crippen MR) is 142 cm³/mol. The summed E-state index contributed by atoms with van der Waals surface area (Å²) in [6.45, 7) is 6.05. The van der Waals surface area contributed by atoms with Gasteiger partial charge in [-0.15, -0.1) is 0 Å². The number of nitrogens with one attached hydrogen (secondary N) is 1. The molecule has 198 valence electrons. The summed E-state index contributed by atoms with van der Waals surface area (Å²) >= 11 is 0. The zero-order valence-electron chi connectivity index (χ0n) is 21.4. The molecule has 0 saturated heterocycles. The standard InChI is InChI=1S/C29H29F3N4O2/c1-4-25(35(18-19(2)3)28(38)33-21-12-10-11-20(17-21)29(30,31)32)26-34-24-16-9-8-15-23(24)27(37)36(26)22-13-6-5-7-14-22/h5-17,19,25H,4,18H2,1-3H3,(H,33,38). The van der Waals surface area contributed by atoms with Gasteiger partial charge in [0.25, 0.3) is 5.56 Å². The fourth-order valence-corrected chi connectivity index (χ4v) is 4.46. The van der Waals surface area contributed by atoms with Crippen LogP contribution in [-0.2, 0) is 6.18 Å². The largest absolute Gasteiger partial charge is 0.416 e. The van der Waals surface area contributed by atoms with Crippen LogP contribution in [0.15, 0.2) is 83.7 Å². The van der Waals surface area contributed by atoms with E-state index in [1.54, 1.807) is 41.3 Å². The molecule has 3 aromatic carbocycles. The molecule has 0 aliphatic heterocycles. The van der Waals surface area contributed by atoms with Crippen LogP contribution in [-0.4, -0.2) is 27.0 Å². The Labute approximate surface area is 218 Å². The van der Waals surface area contributed by atoms with Crippen molar-refractivity contribution in [3.63, 3.8) is 0 Å². The number of aromatic nitrogens is 2. The molecule has 4 rings (SSSR count). The Hall–Kier alpha value is -4.14. The maximum absolute atomic E-state index is 13.7. The molecule has 6 nitrogen and oxygen atoms in total. The molecule has 1 unspecified atom stereocenters. The molecule has 0 radical (unpaired) electrons. The van der Waals surface area contributed by atoms with Crippen LogP contribution in [0, 0.1) is 5.92 Å². The van der Waals surface area contributed by atoms with Gasteiger partial charge >= 0.3 is 12.2 Å². The molecule has 0 saturated carbocycles. The molecule has 1 N–H and O–H groups in total. The topological polar surface area (TPSA) is 67.2 Å². The van der Waals surface area contributed by atoms with Gasteiger partial charge in [-0.2, -0.15) is 13.2 Å². The summed E-state index contributed by atoms with van der Waals surface area (Å²) in [7, 11) is 0. The smallest absolute Gasteiger partial charge is 0.314 e. The first kappa shape index (κ1) is 26.9. The number of halogens is 3. The van der Waals surface area contributed by atoms with Gasteiger partial charge in [-0.05, 0) is 54.8 Å². The van der Waals surface area contributed by atoms with E-state index < -0.39 is 23.8 Å². The minimum atomic E-state index is -4.54. The molecule has 1 atom stereocenters. The Morgan fingerprint density at radius 1 is 1.00 bits per heavy atom. The van der Waals surface area contributed by atoms with E-state index in [1.807, 2.05) is 39.0 Å². The number of carbonyl (C=O) groups excluding carboxylic acids is 1. The summed E-state index contributed by atoms with van der Waals surface area (Å²) in [5.41, 5.74) is 0.0122. The van der Waals surface area contributed by atoms with E-state index in [2.05, 4.69) is 5.32 Å². The summed E-state index contributed by atoms with van der Waals surface area (Å²) < 4.78 is 41.3. The highest BCUT2D eigenvalue weighted by molar-refractivity contribution is 5.89. The van der Waals surface area contributed by atoms with E-state index in [4.69, 9.17) is 4.98 Å². The fourth-order valence-electron chi connectivity index (χ4n) is 4.46. The van der Waals surface area contributed by atoms with Crippen molar-refractivity contribution in [2.24, 2.45) is 5.92 Å². The van der Waals surface area contributed by atoms with Gasteiger partial charge < -0.3 is 10.2 Å². The van der Waals surface area contributed by atoms with Crippen molar-refractivity contribution in [2.45, 2.75) is 39.4 Å². The van der Waals surface area contributed by atoms with Gasteiger partial charge in [-0.25, -0.2) is 9.78 Å². The van der Waals surface area contributed by atoms with E-state index in [1.165, 1.54) is 16.7 Å². The van der Waals surface area contributed by atoms with Gasteiger partial charge in [0.05, 0.1) is 28.2 Å². The third-order valence-corrected chi connectivity index (χ3v) is 6.14. The second-order valence-electron chi connectivity index (χ2n) is 9.44. The Kier molecular flexibility index (Phi) is 7.85. The summed E-state index contributed by atoms with van der Waals surface area (Å²) in [6, 6.07) is 19.4. The lowest BCUT2D eigenvalue weighted by Crippen LogP contribution is -2.42. The average Bonchev–Trinajstić information content (AvgIpc) is 2.88. The maximum atomic E-state index is 13.7. The molecule has 0 spiro atoms. The molecule has 0 aliphatic rings. The summed E-state index contributed by atoms with van der Waals surface area (Å²) in [5.74, 6) is 0.413. The van der Waals surface area contributed by atoms with E-state index >= 15 is 0 Å². The predicted octanol–water partition coefficient (Wildman–Crippen LogP) is 7.05. The zero-order valence-corrected chi connectivity index (χ0v) is 21.4. The van der Waals surface area contributed by atoms with E-state index in [9.17, 15) is 22.8 Å². The van der Waals surface area contributed by atoms with Crippen LogP contribution in [0.25, 0.3) is 16.6 Å². The number of amides is 2. The Morgan fingerprint density at radius 3 is 2.34 bits per heavy atom. The molecule has 4 aromatic rings. The first-order valence-corrected chi connectivity index (χ1v) is 12.4. The third kappa shape index (κ3) is 5.72. The second kappa shape index (κ2) is 11.1. The van der Waals surface area contributed by atoms with Gasteiger partial charge in [0, 0.05) is 12.2 Å². The summed E-state index contributed by atoms with van der Waals surface area (Å²) in [5, 5.41) is 3.07. The molecule has 2 amide bonds. The lowest BCUT2D eigenvalue weighted by molar-refractivity contribution is -0.137. The molecule has 0 fully saturated rings. The number of nitrogens with zero attached hydrogens (tertiary/aromatic N) is 3. The lowest BCUT2D eigenvalue weighted by atomic mass is 10.1. The number of carbonyl (C=O) groups is 1. The van der Waals surface area contributed by atoms with Crippen LogP contribution in [0.3, 0.4) is 0 Å². The Morgan fingerprint density at radius 2 is 1.68 bits per heavy atom. The number of para-hydroxylation sites is 2. The number of hydrogen-bond acceptors (Lipinski definition) is 3. The van der Waals surface area contributed by atoms with Gasteiger partial charge in [0.1, 0.15) is 5.82 Å². The molecule has 0 aliphatic carbocycles. The summed E-state index contributed by atoms with van der Waals surface area (Å²) in [6.07, 6.45) is -4.12. The highest BCUT2D eigenvalue weighted by Crippen LogP contribution is 2.32. The fraction of sp³-hybridized carbons (Fsp3) is 0.276. The van der Waals surface area contributed by atoms with Crippen LogP contribution >= 0.6 is 0 Å². The highest BCUT2D eigenvalue weighted by Gasteiger charge is 2.32. The number of hydrogen-bond donors (Lipinski definition) is 1. The lowest BCUT2D eigenvalue weighted by Gasteiger charge is -2.33. The van der Waals surface area contributed by atoms with Gasteiger partial charge in [0.2, 0.25) is 0 Å². The molecular weight excluding hydrogens is 493 g/mol. The molecule has 0 bridgehead atoms. The first-order chi connectivity index (χ1) is 18.1. The summed E-state index contributed by atoms with van der Waals surface area (Å²) in [4.78, 5) is 33.7. The minimum absolute atomic E-state index is 0.0281. The third-order valence-electron chi connectivity index (χ3n) is 6.14. The molecule has 1 heterocycles. The van der Waals surface area contributed by atoms with Crippen molar-refractivity contribution >= 4 is 22.6 Å². The van der Waals surface area contributed by atoms with Crippen molar-refractivity contribution in [3.05, 3.63) is 101 Å². The van der Waals surface area contributed by atoms with E-state index in [0.29, 0.717) is 35.4 Å². The molecule has 1 aromatic heterocycles. The Balaban J connectivity index is 1.83. The minimum Gasteiger partial charge on any atom is -0.314 e. The molecule has 38 heavy (non-hydrogen) atoms. The number of fused-ring (bicyclic) bond motifs is 1. The van der Waals surface area contributed by atoms with Gasteiger partial charge in [-0.3, -0.25) is 9.36 Å². The number of benzene rings is 3. The van der Waals surface area contributed by atoms with Crippen molar-refractivity contribution in [3.8, 4) is 5.69 Å². The quantitative estimate of drug-likeness (QED) is 0.283. The first-order valence-electron chi connectivity index (χ1n) is 12.4. The van der Waals surface area contributed by atoms with Crippen molar-refractivity contribution in [1.29, 1.82) is 0 Å². The van der Waals surface area contributed by atoms with E-state index in [-0.39, 0.29) is 17.2 Å². The van der Waals surface area contributed by atoms with Crippen LogP contribution in [0.4, 0.5) is 23.7 Å². The highest BCUT2D eigenvalue weighted by atomic mass is 19.4. The van der Waals surface area contributed by atoms with Crippen molar-refractivity contribution in [1.82, 2.24) is 14.5 Å². The molecule has 9 heteroatoms. The number of alkyl halides is 3. The normalized spacial score (nSPS) is 12.5. The van der Waals surface area contributed by atoms with Crippen LogP contribution in [0.1, 0.15) is 44.6 Å². The Bertz CT molecular complexity index is 1480. The monoisotopic (exact) mass is 522 g/mol. The number of rotatable bonds is 7. The number of anilines is 1. The van der Waals surface area contributed by atoms with Crippen molar-refractivity contribution < 1.29 is 18.0 Å². The van der Waals surface area contributed by atoms with Gasteiger partial charge in [-0.1, -0.05) is 57.2 Å². The van der Waals surface area contributed by atoms with Crippen LogP contribution in [0.2, 0.25) is 0 Å². The number of urea groups is 1. The average molecular weight is 523 g/mol. The maximum Gasteiger partial charge on any atom is 0.416 e. The SMILES string of the molecule is CCC(c1nc2ccccc2c(=O)n1-c1ccccc1)N(CC(C)C)C(=O)Nc1cccc(C(F)(F)F)c1. The van der Waals surface area contributed by atoms with Crippen molar-refractivity contribution in [2.75, 3.05) is 11.9 Å². The van der Waals surface area contributed by atoms with Gasteiger partial charge in [0.15, 0.2) is 0 Å². The van der Waals surface area contributed by atoms with E-state index in [0.717, 1.165) is 12.1 Å². The van der Waals surface area contributed by atoms with Crippen LogP contribution in [0.5, 0.6) is 0 Å². The molecular formula is C29H29F3N4O2. The zero-order chi connectivity index (χ0) is 27.4.